The van der Waals surface area contributed by atoms with E-state index in [9.17, 15) is 13.2 Å². The van der Waals surface area contributed by atoms with E-state index >= 15 is 0 Å². The fourth-order valence-electron chi connectivity index (χ4n) is 3.36. The van der Waals surface area contributed by atoms with Gasteiger partial charge in [0.05, 0.1) is 5.02 Å². The van der Waals surface area contributed by atoms with E-state index in [0.29, 0.717) is 24.3 Å². The highest BCUT2D eigenvalue weighted by atomic mass is 35.5. The highest BCUT2D eigenvalue weighted by Gasteiger charge is 2.29. The summed E-state index contributed by atoms with van der Waals surface area (Å²) in [5.74, 6) is -0.328. The van der Waals surface area contributed by atoms with Crippen LogP contribution in [0.5, 0.6) is 0 Å². The number of nitrogens with zero attached hydrogens (tertiary/aromatic N) is 2. The van der Waals surface area contributed by atoms with Crippen molar-refractivity contribution in [1.29, 1.82) is 0 Å². The Labute approximate surface area is 174 Å². The van der Waals surface area contributed by atoms with Gasteiger partial charge in [0, 0.05) is 42.4 Å². The zero-order valence-electron chi connectivity index (χ0n) is 15.6. The third kappa shape index (κ3) is 4.07. The van der Waals surface area contributed by atoms with Crippen LogP contribution in [0.15, 0.2) is 71.9 Å². The molecule has 8 heteroatoms. The summed E-state index contributed by atoms with van der Waals surface area (Å²) < 4.78 is 29.1. The maximum atomic E-state index is 12.9. The number of nitrogens with one attached hydrogen (secondary N) is 1. The molecule has 1 amide bonds. The van der Waals surface area contributed by atoms with Crippen LogP contribution in [-0.2, 0) is 10.0 Å². The Balaban J connectivity index is 1.59. The summed E-state index contributed by atoms with van der Waals surface area (Å²) in [6, 6.07) is 15.5. The van der Waals surface area contributed by atoms with Gasteiger partial charge in [-0.05, 0) is 61.4 Å². The molecule has 0 saturated carbocycles. The van der Waals surface area contributed by atoms with Gasteiger partial charge in [-0.15, -0.1) is 0 Å². The zero-order chi connectivity index (χ0) is 20.4. The summed E-state index contributed by atoms with van der Waals surface area (Å²) in [7, 11) is -3.68. The fraction of sp³-hybridized carbons (Fsp3) is 0.190. The third-order valence-electron chi connectivity index (χ3n) is 4.88. The molecule has 0 aliphatic carbocycles. The van der Waals surface area contributed by atoms with Crippen LogP contribution in [0.4, 0.5) is 5.69 Å². The quantitative estimate of drug-likeness (QED) is 0.661. The topological polar surface area (TPSA) is 71.4 Å². The first-order valence-corrected chi connectivity index (χ1v) is 11.1. The molecule has 0 atom stereocenters. The highest BCUT2D eigenvalue weighted by molar-refractivity contribution is 7.89. The van der Waals surface area contributed by atoms with Crippen LogP contribution in [-0.4, -0.2) is 36.3 Å². The van der Waals surface area contributed by atoms with Gasteiger partial charge in [0.2, 0.25) is 10.0 Å². The number of carbonyl (C=O) groups is 1. The first-order valence-electron chi connectivity index (χ1n) is 9.29. The minimum atomic E-state index is -3.68. The first kappa shape index (κ1) is 19.7. The molecule has 4 rings (SSSR count). The number of anilines is 1. The lowest BCUT2D eigenvalue weighted by Gasteiger charge is -2.17. The largest absolute Gasteiger partial charge is 0.324 e. The van der Waals surface area contributed by atoms with E-state index in [2.05, 4.69) is 5.32 Å². The Kier molecular flexibility index (Phi) is 5.45. The predicted molar refractivity (Wildman–Crippen MR) is 113 cm³/mol. The van der Waals surface area contributed by atoms with Crippen LogP contribution in [0, 0.1) is 0 Å². The van der Waals surface area contributed by atoms with Gasteiger partial charge in [0.15, 0.2) is 0 Å². The smallest absolute Gasteiger partial charge is 0.255 e. The lowest BCUT2D eigenvalue weighted by atomic mass is 10.2. The second-order valence-electron chi connectivity index (χ2n) is 6.85. The van der Waals surface area contributed by atoms with E-state index in [1.54, 1.807) is 24.3 Å². The van der Waals surface area contributed by atoms with Crippen molar-refractivity contribution in [3.8, 4) is 5.69 Å². The molecule has 1 aliphatic heterocycles. The molecule has 1 fully saturated rings. The van der Waals surface area contributed by atoms with Crippen molar-refractivity contribution in [1.82, 2.24) is 8.87 Å². The number of amides is 1. The lowest BCUT2D eigenvalue weighted by Crippen LogP contribution is -2.28. The maximum absolute atomic E-state index is 12.9. The number of aromatic nitrogens is 1. The average molecular weight is 430 g/mol. The maximum Gasteiger partial charge on any atom is 0.255 e. The first-order chi connectivity index (χ1) is 13.9. The Morgan fingerprint density at radius 1 is 0.966 bits per heavy atom. The molecule has 2 aromatic carbocycles. The standard InChI is InChI=1S/C21H20ClN3O3S/c22-19-9-8-17(15-20(19)29(27,28)25-12-3-4-13-25)23-21(26)16-6-5-7-18(14-16)24-10-1-2-11-24/h1-2,5-11,14-15H,3-4,12-13H2,(H,23,26). The van der Waals surface area contributed by atoms with Crippen molar-refractivity contribution in [3.63, 3.8) is 0 Å². The summed E-state index contributed by atoms with van der Waals surface area (Å²) in [6.07, 6.45) is 5.47. The molecule has 0 spiro atoms. The number of hydrogen-bond acceptors (Lipinski definition) is 3. The average Bonchev–Trinajstić information content (AvgIpc) is 3.44. The Morgan fingerprint density at radius 2 is 1.69 bits per heavy atom. The molecule has 0 radical (unpaired) electrons. The summed E-state index contributed by atoms with van der Waals surface area (Å²) in [6.45, 7) is 0.975. The number of benzene rings is 2. The second-order valence-corrected chi connectivity index (χ2v) is 9.16. The third-order valence-corrected chi connectivity index (χ3v) is 7.26. The lowest BCUT2D eigenvalue weighted by molar-refractivity contribution is 0.102. The van der Waals surface area contributed by atoms with E-state index in [1.807, 2.05) is 35.2 Å². The van der Waals surface area contributed by atoms with Gasteiger partial charge in [-0.3, -0.25) is 4.79 Å². The van der Waals surface area contributed by atoms with Crippen molar-refractivity contribution in [2.45, 2.75) is 17.7 Å². The molecule has 6 nitrogen and oxygen atoms in total. The number of sulfonamides is 1. The molecule has 150 valence electrons. The van der Waals surface area contributed by atoms with E-state index < -0.39 is 10.0 Å². The molecule has 1 saturated heterocycles. The second kappa shape index (κ2) is 8.02. The van der Waals surface area contributed by atoms with Gasteiger partial charge in [0.25, 0.3) is 5.91 Å². The van der Waals surface area contributed by atoms with Gasteiger partial charge in [0.1, 0.15) is 4.90 Å². The van der Waals surface area contributed by atoms with Crippen LogP contribution in [0.1, 0.15) is 23.2 Å². The molecule has 1 aliphatic rings. The van der Waals surface area contributed by atoms with E-state index in [4.69, 9.17) is 11.6 Å². The van der Waals surface area contributed by atoms with Crippen LogP contribution >= 0.6 is 11.6 Å². The molecule has 2 heterocycles. The number of hydrogen-bond donors (Lipinski definition) is 1. The van der Waals surface area contributed by atoms with E-state index in [0.717, 1.165) is 18.5 Å². The monoisotopic (exact) mass is 429 g/mol. The van der Waals surface area contributed by atoms with Gasteiger partial charge < -0.3 is 9.88 Å². The van der Waals surface area contributed by atoms with Crippen LogP contribution in [0.3, 0.4) is 0 Å². The Hall–Kier alpha value is -2.61. The number of halogens is 1. The molecule has 1 N–H and O–H groups in total. The molecule has 29 heavy (non-hydrogen) atoms. The van der Waals surface area contributed by atoms with Crippen molar-refractivity contribution in [2.75, 3.05) is 18.4 Å². The fourth-order valence-corrected chi connectivity index (χ4v) is 5.38. The van der Waals surface area contributed by atoms with Crippen molar-refractivity contribution >= 4 is 33.2 Å². The summed E-state index contributed by atoms with van der Waals surface area (Å²) in [5.41, 5.74) is 1.70. The molecular weight excluding hydrogens is 410 g/mol. The Bertz CT molecular complexity index is 1140. The number of carbonyl (C=O) groups excluding carboxylic acids is 1. The van der Waals surface area contributed by atoms with Crippen molar-refractivity contribution in [3.05, 3.63) is 77.6 Å². The van der Waals surface area contributed by atoms with Crippen molar-refractivity contribution < 1.29 is 13.2 Å². The predicted octanol–water partition coefficient (Wildman–Crippen LogP) is 4.17. The molecule has 0 bridgehead atoms. The molecule has 1 aromatic heterocycles. The van der Waals surface area contributed by atoms with E-state index in [-0.39, 0.29) is 15.8 Å². The van der Waals surface area contributed by atoms with Gasteiger partial charge >= 0.3 is 0 Å². The summed E-state index contributed by atoms with van der Waals surface area (Å²) in [4.78, 5) is 12.7. The van der Waals surface area contributed by atoms with Gasteiger partial charge in [-0.2, -0.15) is 4.31 Å². The number of rotatable bonds is 5. The minimum absolute atomic E-state index is 0.0139. The molecule has 0 unspecified atom stereocenters. The SMILES string of the molecule is O=C(Nc1ccc(Cl)c(S(=O)(=O)N2CCCC2)c1)c1cccc(-n2cccc2)c1. The van der Waals surface area contributed by atoms with Crippen LogP contribution in [0.2, 0.25) is 5.02 Å². The van der Waals surface area contributed by atoms with Crippen LogP contribution < -0.4 is 5.32 Å². The van der Waals surface area contributed by atoms with Gasteiger partial charge in [-0.25, -0.2) is 8.42 Å². The molecule has 3 aromatic rings. The van der Waals surface area contributed by atoms with Crippen molar-refractivity contribution in [2.24, 2.45) is 0 Å². The van der Waals surface area contributed by atoms with Crippen LogP contribution in [0.25, 0.3) is 5.69 Å². The summed E-state index contributed by atoms with van der Waals surface area (Å²) in [5, 5.41) is 2.91. The summed E-state index contributed by atoms with van der Waals surface area (Å²) >= 11 is 6.17. The zero-order valence-corrected chi connectivity index (χ0v) is 17.2. The minimum Gasteiger partial charge on any atom is -0.324 e. The highest BCUT2D eigenvalue weighted by Crippen LogP contribution is 2.29. The molecular formula is C21H20ClN3O3S. The van der Waals surface area contributed by atoms with E-state index in [1.165, 1.54) is 16.4 Å². The Morgan fingerprint density at radius 3 is 2.41 bits per heavy atom. The van der Waals surface area contributed by atoms with Gasteiger partial charge in [-0.1, -0.05) is 17.7 Å². The normalized spacial score (nSPS) is 14.8.